The molecule has 1 aliphatic rings. The molecule has 0 aliphatic heterocycles. The van der Waals surface area contributed by atoms with E-state index in [0.717, 1.165) is 12.8 Å². The highest BCUT2D eigenvalue weighted by Crippen LogP contribution is 2.28. The second-order valence-corrected chi connectivity index (χ2v) is 6.69. The van der Waals surface area contributed by atoms with Gasteiger partial charge in [0.1, 0.15) is 17.6 Å². The van der Waals surface area contributed by atoms with E-state index in [1.54, 1.807) is 4.90 Å². The van der Waals surface area contributed by atoms with Crippen molar-refractivity contribution in [3.63, 3.8) is 0 Å². The predicted octanol–water partition coefficient (Wildman–Crippen LogP) is 2.47. The molecule has 0 atom stereocenters. The number of carboxylic acid groups (broad SMARTS) is 1. The largest absolute Gasteiger partial charge is 0.478 e. The zero-order chi connectivity index (χ0) is 17.0. The van der Waals surface area contributed by atoms with E-state index in [9.17, 15) is 9.59 Å². The molecule has 0 unspecified atom stereocenters. The standard InChI is InChI=1S/C16H24N2O5/c1-16(2,3)23-15(21)18(12-4-5-12)7-6-17-9-13-8-11(10-22-13)14(19)20/h8,10,12,17H,4-7,9H2,1-3H3,(H,19,20). The van der Waals surface area contributed by atoms with Crippen LogP contribution in [-0.2, 0) is 11.3 Å². The first kappa shape index (κ1) is 17.3. The molecule has 1 amide bonds. The Balaban J connectivity index is 1.76. The van der Waals surface area contributed by atoms with Gasteiger partial charge >= 0.3 is 12.1 Å². The summed E-state index contributed by atoms with van der Waals surface area (Å²) >= 11 is 0. The van der Waals surface area contributed by atoms with Crippen molar-refractivity contribution in [2.75, 3.05) is 13.1 Å². The minimum atomic E-state index is -1.01. The van der Waals surface area contributed by atoms with Crippen molar-refractivity contribution in [3.05, 3.63) is 23.7 Å². The normalized spacial score (nSPS) is 14.6. The summed E-state index contributed by atoms with van der Waals surface area (Å²) in [5.74, 6) is -0.456. The van der Waals surface area contributed by atoms with Crippen LogP contribution in [0.2, 0.25) is 0 Å². The smallest absolute Gasteiger partial charge is 0.410 e. The van der Waals surface area contributed by atoms with E-state index >= 15 is 0 Å². The Kier molecular flexibility index (Phi) is 5.30. The first-order valence-corrected chi connectivity index (χ1v) is 7.77. The summed E-state index contributed by atoms with van der Waals surface area (Å²) in [4.78, 5) is 24.7. The maximum Gasteiger partial charge on any atom is 0.410 e. The van der Waals surface area contributed by atoms with Crippen LogP contribution < -0.4 is 5.32 Å². The minimum absolute atomic E-state index is 0.134. The summed E-state index contributed by atoms with van der Waals surface area (Å²) in [6.45, 7) is 7.10. The van der Waals surface area contributed by atoms with E-state index in [1.165, 1.54) is 12.3 Å². The van der Waals surface area contributed by atoms with Crippen molar-refractivity contribution in [2.24, 2.45) is 0 Å². The third-order valence-corrected chi connectivity index (χ3v) is 3.35. The van der Waals surface area contributed by atoms with Gasteiger partial charge in [-0.25, -0.2) is 9.59 Å². The Morgan fingerprint density at radius 1 is 1.43 bits per heavy atom. The number of hydrogen-bond acceptors (Lipinski definition) is 5. The Morgan fingerprint density at radius 3 is 2.65 bits per heavy atom. The molecule has 0 spiro atoms. The summed E-state index contributed by atoms with van der Waals surface area (Å²) in [5.41, 5.74) is -0.367. The third kappa shape index (κ3) is 5.59. The lowest BCUT2D eigenvalue weighted by atomic mass is 10.2. The van der Waals surface area contributed by atoms with Gasteiger partial charge in [0.25, 0.3) is 0 Å². The first-order chi connectivity index (χ1) is 10.8. The van der Waals surface area contributed by atoms with Gasteiger partial charge < -0.3 is 24.5 Å². The fraction of sp³-hybridized carbons (Fsp3) is 0.625. The number of hydrogen-bond donors (Lipinski definition) is 2. The topological polar surface area (TPSA) is 92.0 Å². The molecule has 0 saturated heterocycles. The highest BCUT2D eigenvalue weighted by atomic mass is 16.6. The summed E-state index contributed by atoms with van der Waals surface area (Å²) in [7, 11) is 0. The maximum absolute atomic E-state index is 12.2. The summed E-state index contributed by atoms with van der Waals surface area (Å²) in [6.07, 6.45) is 2.96. The van der Waals surface area contributed by atoms with Crippen LogP contribution in [0.15, 0.2) is 16.7 Å². The number of carbonyl (C=O) groups excluding carboxylic acids is 1. The van der Waals surface area contributed by atoms with Gasteiger partial charge in [-0.05, 0) is 39.7 Å². The van der Waals surface area contributed by atoms with Crippen LogP contribution in [0.1, 0.15) is 49.7 Å². The molecule has 0 aromatic carbocycles. The molecular weight excluding hydrogens is 300 g/mol. The van der Waals surface area contributed by atoms with E-state index < -0.39 is 11.6 Å². The van der Waals surface area contributed by atoms with Crippen molar-refractivity contribution < 1.29 is 23.8 Å². The van der Waals surface area contributed by atoms with Crippen LogP contribution in [0.4, 0.5) is 4.79 Å². The Hall–Kier alpha value is -2.02. The Labute approximate surface area is 135 Å². The molecule has 1 aromatic rings. The van der Waals surface area contributed by atoms with Gasteiger partial charge in [-0.3, -0.25) is 0 Å². The molecule has 1 aromatic heterocycles. The number of aromatic carboxylic acids is 1. The number of furan rings is 1. The molecule has 1 fully saturated rings. The molecule has 1 saturated carbocycles. The van der Waals surface area contributed by atoms with Gasteiger partial charge in [0.2, 0.25) is 0 Å². The van der Waals surface area contributed by atoms with Crippen LogP contribution >= 0.6 is 0 Å². The highest BCUT2D eigenvalue weighted by Gasteiger charge is 2.34. The van der Waals surface area contributed by atoms with Crippen LogP contribution in [0.25, 0.3) is 0 Å². The van der Waals surface area contributed by atoms with Crippen LogP contribution in [0.5, 0.6) is 0 Å². The molecule has 0 bridgehead atoms. The zero-order valence-electron chi connectivity index (χ0n) is 13.8. The Bertz CT molecular complexity index is 557. The molecule has 1 heterocycles. The quantitative estimate of drug-likeness (QED) is 0.749. The van der Waals surface area contributed by atoms with Gasteiger partial charge in [-0.1, -0.05) is 0 Å². The third-order valence-electron chi connectivity index (χ3n) is 3.35. The van der Waals surface area contributed by atoms with E-state index in [-0.39, 0.29) is 17.7 Å². The van der Waals surface area contributed by atoms with Crippen LogP contribution in [0, 0.1) is 0 Å². The van der Waals surface area contributed by atoms with Crippen molar-refractivity contribution >= 4 is 12.1 Å². The fourth-order valence-electron chi connectivity index (χ4n) is 2.13. The lowest BCUT2D eigenvalue weighted by Crippen LogP contribution is -2.41. The average molecular weight is 324 g/mol. The molecule has 2 rings (SSSR count). The van der Waals surface area contributed by atoms with Crippen molar-refractivity contribution in [2.45, 2.75) is 51.8 Å². The molecule has 128 valence electrons. The van der Waals surface area contributed by atoms with Crippen molar-refractivity contribution in [1.82, 2.24) is 10.2 Å². The second kappa shape index (κ2) is 7.04. The van der Waals surface area contributed by atoms with Gasteiger partial charge in [0.15, 0.2) is 0 Å². The zero-order valence-corrected chi connectivity index (χ0v) is 13.8. The summed E-state index contributed by atoms with van der Waals surface area (Å²) in [6, 6.07) is 1.76. The molecule has 2 N–H and O–H groups in total. The SMILES string of the molecule is CC(C)(C)OC(=O)N(CCNCc1cc(C(=O)O)co1)C1CC1. The lowest BCUT2D eigenvalue weighted by molar-refractivity contribution is 0.0235. The molecule has 23 heavy (non-hydrogen) atoms. The maximum atomic E-state index is 12.2. The van der Waals surface area contributed by atoms with E-state index in [1.807, 2.05) is 20.8 Å². The molecule has 1 aliphatic carbocycles. The van der Waals surface area contributed by atoms with Gasteiger partial charge in [0.05, 0.1) is 12.1 Å². The molecule has 7 heteroatoms. The van der Waals surface area contributed by atoms with E-state index in [4.69, 9.17) is 14.3 Å². The predicted molar refractivity (Wildman–Crippen MR) is 83.3 cm³/mol. The number of carbonyl (C=O) groups is 2. The molecule has 7 nitrogen and oxygen atoms in total. The number of amides is 1. The first-order valence-electron chi connectivity index (χ1n) is 7.77. The average Bonchev–Trinajstić information content (AvgIpc) is 3.13. The van der Waals surface area contributed by atoms with E-state index in [0.29, 0.717) is 25.4 Å². The summed E-state index contributed by atoms with van der Waals surface area (Å²) in [5, 5.41) is 12.0. The highest BCUT2D eigenvalue weighted by molar-refractivity contribution is 5.87. The van der Waals surface area contributed by atoms with Crippen molar-refractivity contribution in [3.8, 4) is 0 Å². The van der Waals surface area contributed by atoms with Crippen molar-refractivity contribution in [1.29, 1.82) is 0 Å². The number of nitrogens with one attached hydrogen (secondary N) is 1. The number of ether oxygens (including phenoxy) is 1. The second-order valence-electron chi connectivity index (χ2n) is 6.69. The lowest BCUT2D eigenvalue weighted by Gasteiger charge is -2.27. The van der Waals surface area contributed by atoms with Crippen LogP contribution in [0.3, 0.4) is 0 Å². The van der Waals surface area contributed by atoms with Gasteiger partial charge in [0, 0.05) is 19.1 Å². The minimum Gasteiger partial charge on any atom is -0.478 e. The summed E-state index contributed by atoms with van der Waals surface area (Å²) < 4.78 is 10.6. The number of rotatable bonds is 7. The van der Waals surface area contributed by atoms with Gasteiger partial charge in [-0.2, -0.15) is 0 Å². The van der Waals surface area contributed by atoms with Crippen LogP contribution in [-0.4, -0.2) is 46.8 Å². The van der Waals surface area contributed by atoms with Gasteiger partial charge in [-0.15, -0.1) is 0 Å². The Morgan fingerprint density at radius 2 is 2.13 bits per heavy atom. The molecular formula is C16H24N2O5. The molecule has 0 radical (unpaired) electrons. The fourth-order valence-corrected chi connectivity index (χ4v) is 2.13. The monoisotopic (exact) mass is 324 g/mol. The number of carboxylic acids is 1. The van der Waals surface area contributed by atoms with E-state index in [2.05, 4.69) is 5.32 Å². The number of nitrogens with zero attached hydrogens (tertiary/aromatic N) is 1.